The zero-order valence-electron chi connectivity index (χ0n) is 10.5. The molecule has 0 radical (unpaired) electrons. The van der Waals surface area contributed by atoms with Crippen LogP contribution in [0.15, 0.2) is 33.2 Å². The average molecular weight is 381 g/mol. The minimum Gasteiger partial charge on any atom is -0.338 e. The Kier molecular flexibility index (Phi) is 4.23. The van der Waals surface area contributed by atoms with Crippen molar-refractivity contribution in [2.24, 2.45) is 0 Å². The molecule has 5 heteroatoms. The molecule has 0 spiro atoms. The number of hydrogen-bond acceptors (Lipinski definition) is 3. The molecule has 1 aromatic carbocycles. The molecule has 19 heavy (non-hydrogen) atoms. The van der Waals surface area contributed by atoms with Gasteiger partial charge in [0.2, 0.25) is 0 Å². The summed E-state index contributed by atoms with van der Waals surface area (Å²) >= 11 is 6.91. The summed E-state index contributed by atoms with van der Waals surface area (Å²) in [5, 5.41) is 12.4. The Balaban J connectivity index is 2.49. The van der Waals surface area contributed by atoms with E-state index in [0.717, 1.165) is 25.9 Å². The molecule has 1 N–H and O–H groups in total. The number of nitrogens with one attached hydrogen (secondary N) is 1. The van der Waals surface area contributed by atoms with Crippen molar-refractivity contribution >= 4 is 43.4 Å². The highest BCUT2D eigenvalue weighted by Crippen LogP contribution is 2.30. The first-order valence-electron chi connectivity index (χ1n) is 5.61. The lowest BCUT2D eigenvalue weighted by Crippen LogP contribution is -2.01. The SMILES string of the molecule is Cc1cc(C)c(C#N)c(Nc2cc(Br)ccc2Br)n1. The van der Waals surface area contributed by atoms with Crippen molar-refractivity contribution in [3.05, 3.63) is 50.0 Å². The van der Waals surface area contributed by atoms with Crippen LogP contribution in [0.25, 0.3) is 0 Å². The highest BCUT2D eigenvalue weighted by Gasteiger charge is 2.10. The van der Waals surface area contributed by atoms with Gasteiger partial charge in [-0.1, -0.05) is 15.9 Å². The maximum atomic E-state index is 9.24. The van der Waals surface area contributed by atoms with Gasteiger partial charge in [0.25, 0.3) is 0 Å². The summed E-state index contributed by atoms with van der Waals surface area (Å²) in [4.78, 5) is 4.40. The normalized spacial score (nSPS) is 10.1. The molecular formula is C14H11Br2N3. The van der Waals surface area contributed by atoms with Gasteiger partial charge in [-0.05, 0) is 59.6 Å². The molecule has 96 valence electrons. The van der Waals surface area contributed by atoms with E-state index in [9.17, 15) is 5.26 Å². The smallest absolute Gasteiger partial charge is 0.148 e. The fraction of sp³-hybridized carbons (Fsp3) is 0.143. The van der Waals surface area contributed by atoms with Gasteiger partial charge in [-0.25, -0.2) is 4.98 Å². The van der Waals surface area contributed by atoms with Crippen LogP contribution in [0.1, 0.15) is 16.8 Å². The molecule has 1 heterocycles. The zero-order chi connectivity index (χ0) is 14.0. The van der Waals surface area contributed by atoms with E-state index in [4.69, 9.17) is 0 Å². The highest BCUT2D eigenvalue weighted by molar-refractivity contribution is 9.11. The van der Waals surface area contributed by atoms with Gasteiger partial charge in [0.15, 0.2) is 0 Å². The number of aryl methyl sites for hydroxylation is 2. The maximum Gasteiger partial charge on any atom is 0.148 e. The lowest BCUT2D eigenvalue weighted by atomic mass is 10.1. The third-order valence-electron chi connectivity index (χ3n) is 2.64. The molecule has 2 aromatic rings. The number of aromatic nitrogens is 1. The molecule has 0 fully saturated rings. The van der Waals surface area contributed by atoms with Crippen LogP contribution in [-0.2, 0) is 0 Å². The molecule has 0 amide bonds. The molecule has 0 aliphatic carbocycles. The second kappa shape index (κ2) is 5.72. The van der Waals surface area contributed by atoms with Crippen molar-refractivity contribution in [3.63, 3.8) is 0 Å². The van der Waals surface area contributed by atoms with Crippen LogP contribution in [0.5, 0.6) is 0 Å². The number of benzene rings is 1. The summed E-state index contributed by atoms with van der Waals surface area (Å²) in [5.74, 6) is 0.582. The quantitative estimate of drug-likeness (QED) is 0.810. The van der Waals surface area contributed by atoms with E-state index in [-0.39, 0.29) is 0 Å². The van der Waals surface area contributed by atoms with Crippen molar-refractivity contribution in [3.8, 4) is 6.07 Å². The summed E-state index contributed by atoms with van der Waals surface area (Å²) in [6.45, 7) is 3.82. The Hall–Kier alpha value is -1.38. The highest BCUT2D eigenvalue weighted by atomic mass is 79.9. The molecule has 0 unspecified atom stereocenters. The molecule has 2 rings (SSSR count). The Morgan fingerprint density at radius 1 is 1.21 bits per heavy atom. The van der Waals surface area contributed by atoms with Gasteiger partial charge in [-0.3, -0.25) is 0 Å². The first-order chi connectivity index (χ1) is 9.01. The Labute approximate surface area is 128 Å². The summed E-state index contributed by atoms with van der Waals surface area (Å²) in [6.07, 6.45) is 0. The largest absolute Gasteiger partial charge is 0.338 e. The second-order valence-corrected chi connectivity index (χ2v) is 5.94. The van der Waals surface area contributed by atoms with E-state index in [1.165, 1.54) is 0 Å². The first kappa shape index (κ1) is 14.0. The minimum atomic E-state index is 0.567. The summed E-state index contributed by atoms with van der Waals surface area (Å²) in [5.41, 5.74) is 3.23. The van der Waals surface area contributed by atoms with Crippen LogP contribution in [0.4, 0.5) is 11.5 Å². The molecule has 3 nitrogen and oxygen atoms in total. The minimum absolute atomic E-state index is 0.567. The van der Waals surface area contributed by atoms with E-state index in [1.54, 1.807) is 0 Å². The fourth-order valence-electron chi connectivity index (χ4n) is 1.79. The van der Waals surface area contributed by atoms with Crippen molar-refractivity contribution in [2.45, 2.75) is 13.8 Å². The molecule has 0 aliphatic heterocycles. The monoisotopic (exact) mass is 379 g/mol. The molecule has 0 aliphatic rings. The molecule has 0 bridgehead atoms. The van der Waals surface area contributed by atoms with Crippen molar-refractivity contribution in [2.75, 3.05) is 5.32 Å². The number of nitriles is 1. The predicted octanol–water partition coefficient (Wildman–Crippen LogP) is 4.84. The molecule has 1 aromatic heterocycles. The summed E-state index contributed by atoms with van der Waals surface area (Å²) < 4.78 is 1.88. The van der Waals surface area contributed by atoms with Gasteiger partial charge in [-0.2, -0.15) is 5.26 Å². The van der Waals surface area contributed by atoms with Gasteiger partial charge >= 0.3 is 0 Å². The average Bonchev–Trinajstić information content (AvgIpc) is 2.33. The predicted molar refractivity (Wildman–Crippen MR) is 83.6 cm³/mol. The van der Waals surface area contributed by atoms with Crippen LogP contribution < -0.4 is 5.32 Å². The third kappa shape index (κ3) is 3.14. The first-order valence-corrected chi connectivity index (χ1v) is 7.20. The van der Waals surface area contributed by atoms with Crippen LogP contribution in [-0.4, -0.2) is 4.98 Å². The molecular weight excluding hydrogens is 370 g/mol. The molecule has 0 saturated carbocycles. The Morgan fingerprint density at radius 2 is 1.95 bits per heavy atom. The standard InChI is InChI=1S/C14H11Br2N3/c1-8-5-9(2)18-14(11(8)7-17)19-13-6-10(15)3-4-12(13)16/h3-6H,1-2H3,(H,18,19). The Morgan fingerprint density at radius 3 is 2.63 bits per heavy atom. The second-order valence-electron chi connectivity index (χ2n) is 4.17. The van der Waals surface area contributed by atoms with E-state index in [1.807, 2.05) is 38.1 Å². The van der Waals surface area contributed by atoms with Crippen LogP contribution in [0, 0.1) is 25.2 Å². The summed E-state index contributed by atoms with van der Waals surface area (Å²) in [6, 6.07) is 9.90. The Bertz CT molecular complexity index is 675. The topological polar surface area (TPSA) is 48.7 Å². The van der Waals surface area contributed by atoms with Gasteiger partial charge in [-0.15, -0.1) is 0 Å². The van der Waals surface area contributed by atoms with Gasteiger partial charge in [0, 0.05) is 14.6 Å². The number of halogens is 2. The molecule has 0 atom stereocenters. The summed E-state index contributed by atoms with van der Waals surface area (Å²) in [7, 11) is 0. The number of hydrogen-bond donors (Lipinski definition) is 1. The zero-order valence-corrected chi connectivity index (χ0v) is 13.6. The molecule has 0 saturated heterocycles. The van der Waals surface area contributed by atoms with E-state index < -0.39 is 0 Å². The third-order valence-corrected chi connectivity index (χ3v) is 3.82. The van der Waals surface area contributed by atoms with E-state index in [2.05, 4.69) is 48.2 Å². The van der Waals surface area contributed by atoms with Crippen molar-refractivity contribution < 1.29 is 0 Å². The van der Waals surface area contributed by atoms with Gasteiger partial charge < -0.3 is 5.32 Å². The van der Waals surface area contributed by atoms with Gasteiger partial charge in [0.05, 0.1) is 11.3 Å². The van der Waals surface area contributed by atoms with Gasteiger partial charge in [0.1, 0.15) is 11.9 Å². The lowest BCUT2D eigenvalue weighted by molar-refractivity contribution is 1.16. The fourth-order valence-corrected chi connectivity index (χ4v) is 2.50. The van der Waals surface area contributed by atoms with E-state index >= 15 is 0 Å². The van der Waals surface area contributed by atoms with Crippen LogP contribution >= 0.6 is 31.9 Å². The number of nitrogens with zero attached hydrogens (tertiary/aromatic N) is 2. The maximum absolute atomic E-state index is 9.24. The van der Waals surface area contributed by atoms with Crippen molar-refractivity contribution in [1.29, 1.82) is 5.26 Å². The number of pyridine rings is 1. The number of rotatable bonds is 2. The van der Waals surface area contributed by atoms with Crippen LogP contribution in [0.3, 0.4) is 0 Å². The van der Waals surface area contributed by atoms with Crippen LogP contribution in [0.2, 0.25) is 0 Å². The number of anilines is 2. The van der Waals surface area contributed by atoms with Crippen molar-refractivity contribution in [1.82, 2.24) is 4.98 Å². The lowest BCUT2D eigenvalue weighted by Gasteiger charge is -2.12. The van der Waals surface area contributed by atoms with E-state index in [0.29, 0.717) is 11.4 Å².